The minimum absolute atomic E-state index is 0.587. The van der Waals surface area contributed by atoms with Crippen molar-refractivity contribution in [2.24, 2.45) is 0 Å². The summed E-state index contributed by atoms with van der Waals surface area (Å²) in [7, 11) is 0. The Morgan fingerprint density at radius 1 is 0.381 bits per heavy atom. The molecule has 9 aromatic carbocycles. The van der Waals surface area contributed by atoms with Gasteiger partial charge in [0.05, 0.1) is 11.0 Å². The highest BCUT2D eigenvalue weighted by Crippen LogP contribution is 2.45. The lowest BCUT2D eigenvalue weighted by atomic mass is 9.99. The monoisotopic (exact) mass is 822 g/mol. The highest BCUT2D eigenvalue weighted by atomic mass is 32.1. The first-order chi connectivity index (χ1) is 31.2. The fourth-order valence-electron chi connectivity index (χ4n) is 9.38. The molecule has 13 rings (SSSR count). The second-order valence-electron chi connectivity index (χ2n) is 15.9. The second-order valence-corrected chi connectivity index (χ2v) is 17.0. The number of nitrogens with zero attached hydrogens (tertiary/aromatic N) is 4. The summed E-state index contributed by atoms with van der Waals surface area (Å²) in [5.74, 6) is 1.83. The van der Waals surface area contributed by atoms with Crippen molar-refractivity contribution in [2.45, 2.75) is 0 Å². The van der Waals surface area contributed by atoms with Crippen molar-refractivity contribution in [2.75, 3.05) is 0 Å². The van der Waals surface area contributed by atoms with E-state index in [2.05, 4.69) is 187 Å². The number of fused-ring (bicyclic) bond motifs is 9. The number of furan rings is 1. The molecule has 4 heterocycles. The molecule has 0 spiro atoms. The van der Waals surface area contributed by atoms with Gasteiger partial charge in [-0.05, 0) is 59.2 Å². The van der Waals surface area contributed by atoms with Gasteiger partial charge in [0.2, 0.25) is 0 Å². The summed E-state index contributed by atoms with van der Waals surface area (Å²) in [6.07, 6.45) is 0. The number of thiophene rings is 1. The predicted molar refractivity (Wildman–Crippen MR) is 262 cm³/mol. The summed E-state index contributed by atoms with van der Waals surface area (Å²) < 4.78 is 11.5. The maximum atomic E-state index is 6.67. The molecule has 0 aliphatic carbocycles. The minimum atomic E-state index is 0.587. The quantitative estimate of drug-likeness (QED) is 0.168. The average Bonchev–Trinajstić information content (AvgIpc) is 4.04. The van der Waals surface area contributed by atoms with Crippen LogP contribution in [0.15, 0.2) is 211 Å². The van der Waals surface area contributed by atoms with E-state index in [0.717, 1.165) is 60.8 Å². The second kappa shape index (κ2) is 14.2. The molecule has 63 heavy (non-hydrogen) atoms. The molecule has 0 unspecified atom stereocenters. The molecule has 0 saturated heterocycles. The standard InChI is InChI=1S/C57H34N4OS/c1-4-15-35(16-5-1)40-22-12-24-45-44-32-30-38(34-50(44)62-53(40)45)56-58-55(36-17-6-2-7-18-36)59-57(60-56)47-26-14-28-51-52(47)46-25-13-23-41(54(46)63-51)37-29-31-43-42-21-10-11-27-48(42)61(49(43)33-37)39-19-8-3-9-20-39/h1-34H. The van der Waals surface area contributed by atoms with Gasteiger partial charge in [-0.2, -0.15) is 0 Å². The van der Waals surface area contributed by atoms with Crippen molar-refractivity contribution in [3.05, 3.63) is 206 Å². The fraction of sp³-hybridized carbons (Fsp3) is 0. The van der Waals surface area contributed by atoms with E-state index in [0.29, 0.717) is 17.5 Å². The minimum Gasteiger partial charge on any atom is -0.455 e. The van der Waals surface area contributed by atoms with Crippen LogP contribution in [-0.4, -0.2) is 19.5 Å². The van der Waals surface area contributed by atoms with E-state index in [1.54, 1.807) is 0 Å². The van der Waals surface area contributed by atoms with E-state index in [4.69, 9.17) is 19.4 Å². The highest BCUT2D eigenvalue weighted by molar-refractivity contribution is 7.26. The molecule has 0 atom stereocenters. The zero-order valence-electron chi connectivity index (χ0n) is 33.7. The van der Waals surface area contributed by atoms with Crippen LogP contribution < -0.4 is 0 Å². The molecule has 4 aromatic heterocycles. The predicted octanol–water partition coefficient (Wildman–Crippen LogP) is 15.6. The Balaban J connectivity index is 0.981. The van der Waals surface area contributed by atoms with Crippen LogP contribution in [0.3, 0.4) is 0 Å². The van der Waals surface area contributed by atoms with Crippen LogP contribution in [0.4, 0.5) is 0 Å². The Morgan fingerprint density at radius 2 is 0.984 bits per heavy atom. The van der Waals surface area contributed by atoms with Crippen LogP contribution in [-0.2, 0) is 0 Å². The first kappa shape index (κ1) is 35.6. The maximum Gasteiger partial charge on any atom is 0.164 e. The number of aromatic nitrogens is 4. The van der Waals surface area contributed by atoms with Crippen LogP contribution >= 0.6 is 11.3 Å². The SMILES string of the molecule is c1ccc(-c2nc(-c3ccc4c(c3)oc3c(-c5ccccc5)cccc34)nc(-c3cccc4sc5c(-c6ccc7c8ccccc8n(-c8ccccc8)c7c6)cccc5c34)n2)cc1. The smallest absolute Gasteiger partial charge is 0.164 e. The van der Waals surface area contributed by atoms with Gasteiger partial charge >= 0.3 is 0 Å². The van der Waals surface area contributed by atoms with E-state index in [1.807, 2.05) is 35.6 Å². The highest BCUT2D eigenvalue weighted by Gasteiger charge is 2.21. The van der Waals surface area contributed by atoms with Crippen LogP contribution in [0.5, 0.6) is 0 Å². The van der Waals surface area contributed by atoms with Crippen molar-refractivity contribution in [1.82, 2.24) is 19.5 Å². The lowest BCUT2D eigenvalue weighted by Gasteiger charge is -2.10. The topological polar surface area (TPSA) is 56.7 Å². The number of hydrogen-bond donors (Lipinski definition) is 0. The molecule has 0 N–H and O–H groups in total. The molecule has 0 bridgehead atoms. The Bertz CT molecular complexity index is 3910. The number of para-hydroxylation sites is 3. The summed E-state index contributed by atoms with van der Waals surface area (Å²) in [6, 6.07) is 72.6. The van der Waals surface area contributed by atoms with Gasteiger partial charge < -0.3 is 8.98 Å². The summed E-state index contributed by atoms with van der Waals surface area (Å²) in [5, 5.41) is 6.92. The van der Waals surface area contributed by atoms with E-state index >= 15 is 0 Å². The fourth-order valence-corrected chi connectivity index (χ4v) is 10.6. The molecule has 0 radical (unpaired) electrons. The van der Waals surface area contributed by atoms with Gasteiger partial charge in [0.1, 0.15) is 11.2 Å². The van der Waals surface area contributed by atoms with Crippen LogP contribution in [0.25, 0.3) is 126 Å². The average molecular weight is 823 g/mol. The largest absolute Gasteiger partial charge is 0.455 e. The Morgan fingerprint density at radius 3 is 1.81 bits per heavy atom. The number of rotatable bonds is 6. The van der Waals surface area contributed by atoms with E-state index in [-0.39, 0.29) is 0 Å². The van der Waals surface area contributed by atoms with Gasteiger partial charge in [0.15, 0.2) is 17.5 Å². The normalized spacial score (nSPS) is 11.8. The molecule has 0 saturated carbocycles. The van der Waals surface area contributed by atoms with Crippen molar-refractivity contribution in [1.29, 1.82) is 0 Å². The first-order valence-corrected chi connectivity index (χ1v) is 21.9. The molecular formula is C57H34N4OS. The summed E-state index contributed by atoms with van der Waals surface area (Å²) in [6.45, 7) is 0. The third-order valence-corrected chi connectivity index (χ3v) is 13.5. The van der Waals surface area contributed by atoms with Gasteiger partial charge in [-0.1, -0.05) is 164 Å². The van der Waals surface area contributed by atoms with Crippen molar-refractivity contribution < 1.29 is 4.42 Å². The molecule has 5 nitrogen and oxygen atoms in total. The molecule has 13 aromatic rings. The molecular weight excluding hydrogens is 789 g/mol. The number of hydrogen-bond acceptors (Lipinski definition) is 5. The molecule has 0 aliphatic rings. The summed E-state index contributed by atoms with van der Waals surface area (Å²) in [5.41, 5.74) is 12.5. The third-order valence-electron chi connectivity index (χ3n) is 12.3. The number of benzene rings is 9. The van der Waals surface area contributed by atoms with E-state index in [9.17, 15) is 0 Å². The Labute approximate surface area is 365 Å². The van der Waals surface area contributed by atoms with Gasteiger partial charge in [-0.15, -0.1) is 11.3 Å². The van der Waals surface area contributed by atoms with Crippen molar-refractivity contribution in [3.8, 4) is 62.1 Å². The zero-order chi connectivity index (χ0) is 41.4. The van der Waals surface area contributed by atoms with Gasteiger partial charge in [-0.3, -0.25) is 0 Å². The molecule has 0 aliphatic heterocycles. The summed E-state index contributed by atoms with van der Waals surface area (Å²) >= 11 is 1.82. The Hall–Kier alpha value is -8.19. The molecule has 0 amide bonds. The van der Waals surface area contributed by atoms with Crippen LogP contribution in [0.1, 0.15) is 0 Å². The first-order valence-electron chi connectivity index (χ1n) is 21.1. The summed E-state index contributed by atoms with van der Waals surface area (Å²) in [4.78, 5) is 15.6. The molecule has 294 valence electrons. The van der Waals surface area contributed by atoms with Gasteiger partial charge in [-0.25, -0.2) is 15.0 Å². The van der Waals surface area contributed by atoms with Crippen molar-refractivity contribution >= 4 is 75.3 Å². The van der Waals surface area contributed by atoms with Crippen LogP contribution in [0, 0.1) is 0 Å². The maximum absolute atomic E-state index is 6.67. The molecule has 0 fully saturated rings. The van der Waals surface area contributed by atoms with E-state index in [1.165, 1.54) is 47.7 Å². The molecule has 6 heteroatoms. The van der Waals surface area contributed by atoms with Crippen molar-refractivity contribution in [3.63, 3.8) is 0 Å². The van der Waals surface area contributed by atoms with Crippen LogP contribution in [0.2, 0.25) is 0 Å². The third kappa shape index (κ3) is 5.73. The van der Waals surface area contributed by atoms with E-state index < -0.39 is 0 Å². The lowest BCUT2D eigenvalue weighted by molar-refractivity contribution is 0.670. The lowest BCUT2D eigenvalue weighted by Crippen LogP contribution is -2.00. The van der Waals surface area contributed by atoms with Gasteiger partial charge in [0, 0.05) is 69.7 Å². The Kier molecular flexibility index (Phi) is 8.01. The zero-order valence-corrected chi connectivity index (χ0v) is 34.6. The van der Waals surface area contributed by atoms with Gasteiger partial charge in [0.25, 0.3) is 0 Å².